The summed E-state index contributed by atoms with van der Waals surface area (Å²) < 4.78 is 29.1. The van der Waals surface area contributed by atoms with Crippen LogP contribution in [0.3, 0.4) is 0 Å². The molecule has 0 saturated carbocycles. The average molecular weight is 298 g/mol. The SMILES string of the molecule is CNC[C@H]1CCCN1S(=O)(=O)c1cn2c(n1)CCCC2. The van der Waals surface area contributed by atoms with Crippen LogP contribution < -0.4 is 5.32 Å². The maximum absolute atomic E-state index is 12.8. The molecule has 3 rings (SSSR count). The summed E-state index contributed by atoms with van der Waals surface area (Å²) in [5.41, 5.74) is 0. The molecule has 0 bridgehead atoms. The zero-order chi connectivity index (χ0) is 14.2. The van der Waals surface area contributed by atoms with Crippen LogP contribution in [0.5, 0.6) is 0 Å². The van der Waals surface area contributed by atoms with E-state index < -0.39 is 10.0 Å². The maximum Gasteiger partial charge on any atom is 0.262 e. The predicted molar refractivity (Wildman–Crippen MR) is 76.0 cm³/mol. The maximum atomic E-state index is 12.8. The smallest absolute Gasteiger partial charge is 0.262 e. The molecule has 0 spiro atoms. The van der Waals surface area contributed by atoms with E-state index in [0.717, 1.165) is 44.5 Å². The van der Waals surface area contributed by atoms with Gasteiger partial charge in [0.25, 0.3) is 10.0 Å². The summed E-state index contributed by atoms with van der Waals surface area (Å²) in [5.74, 6) is 0.916. The minimum Gasteiger partial charge on any atom is -0.333 e. The molecule has 112 valence electrons. The van der Waals surface area contributed by atoms with E-state index in [-0.39, 0.29) is 11.1 Å². The molecular formula is C13H22N4O2S. The van der Waals surface area contributed by atoms with Crippen LogP contribution in [0.15, 0.2) is 11.2 Å². The molecule has 1 saturated heterocycles. The van der Waals surface area contributed by atoms with Crippen LogP contribution in [0.2, 0.25) is 0 Å². The lowest BCUT2D eigenvalue weighted by Gasteiger charge is -2.22. The van der Waals surface area contributed by atoms with E-state index in [2.05, 4.69) is 10.3 Å². The lowest BCUT2D eigenvalue weighted by molar-refractivity contribution is 0.378. The average Bonchev–Trinajstić information content (AvgIpc) is 3.05. The number of hydrogen-bond donors (Lipinski definition) is 1. The zero-order valence-electron chi connectivity index (χ0n) is 11.9. The second-order valence-corrected chi connectivity index (χ2v) is 7.45. The van der Waals surface area contributed by atoms with Gasteiger partial charge in [0.05, 0.1) is 0 Å². The van der Waals surface area contributed by atoms with Crippen molar-refractivity contribution in [2.24, 2.45) is 0 Å². The minimum absolute atomic E-state index is 0.0590. The molecule has 1 atom stereocenters. The third kappa shape index (κ3) is 2.38. The minimum atomic E-state index is -3.44. The van der Waals surface area contributed by atoms with Crippen molar-refractivity contribution in [2.75, 3.05) is 20.1 Å². The van der Waals surface area contributed by atoms with E-state index in [4.69, 9.17) is 0 Å². The molecule has 1 N–H and O–H groups in total. The Kier molecular flexibility index (Phi) is 3.83. The fourth-order valence-electron chi connectivity index (χ4n) is 3.20. The van der Waals surface area contributed by atoms with Crippen LogP contribution >= 0.6 is 0 Å². The number of aromatic nitrogens is 2. The Balaban J connectivity index is 1.89. The van der Waals surface area contributed by atoms with Crippen molar-refractivity contribution in [3.05, 3.63) is 12.0 Å². The first-order chi connectivity index (χ1) is 9.63. The first kappa shape index (κ1) is 14.0. The Bertz CT molecular complexity index is 558. The Labute approximate surface area is 120 Å². The first-order valence-corrected chi connectivity index (χ1v) is 8.79. The fraction of sp³-hybridized carbons (Fsp3) is 0.769. The van der Waals surface area contributed by atoms with Gasteiger partial charge < -0.3 is 9.88 Å². The van der Waals surface area contributed by atoms with Crippen molar-refractivity contribution in [1.82, 2.24) is 19.2 Å². The first-order valence-electron chi connectivity index (χ1n) is 7.35. The van der Waals surface area contributed by atoms with Crippen molar-refractivity contribution in [3.8, 4) is 0 Å². The van der Waals surface area contributed by atoms with Gasteiger partial charge >= 0.3 is 0 Å². The molecule has 1 aromatic heterocycles. The molecule has 6 nitrogen and oxygen atoms in total. The molecule has 0 amide bonds. The highest BCUT2D eigenvalue weighted by atomic mass is 32.2. The normalized spacial score (nSPS) is 23.9. The zero-order valence-corrected chi connectivity index (χ0v) is 12.7. The number of rotatable bonds is 4. The van der Waals surface area contributed by atoms with E-state index in [1.54, 1.807) is 10.5 Å². The standard InChI is InChI=1S/C13H22N4O2S/c1-14-9-11-5-4-8-17(11)20(18,19)13-10-16-7-3-2-6-12(16)15-13/h10-11,14H,2-9H2,1H3/t11-/m1/s1. The molecule has 20 heavy (non-hydrogen) atoms. The van der Waals surface area contributed by atoms with Crippen molar-refractivity contribution < 1.29 is 8.42 Å². The number of likely N-dealkylation sites (N-methyl/N-ethyl adjacent to an activating group) is 1. The Hall–Kier alpha value is -0.920. The number of imidazole rings is 1. The lowest BCUT2D eigenvalue weighted by atomic mass is 10.2. The van der Waals surface area contributed by atoms with Crippen molar-refractivity contribution in [2.45, 2.75) is 49.7 Å². The van der Waals surface area contributed by atoms with Crippen LogP contribution in [-0.2, 0) is 23.0 Å². The number of fused-ring (bicyclic) bond motifs is 1. The van der Waals surface area contributed by atoms with Gasteiger partial charge in [0.2, 0.25) is 0 Å². The second-order valence-electron chi connectivity index (χ2n) is 5.62. The highest BCUT2D eigenvalue weighted by Crippen LogP contribution is 2.26. The van der Waals surface area contributed by atoms with Crippen molar-refractivity contribution >= 4 is 10.0 Å². The predicted octanol–water partition coefficient (Wildman–Crippen LogP) is 0.592. The summed E-state index contributed by atoms with van der Waals surface area (Å²) in [6.45, 7) is 2.20. The van der Waals surface area contributed by atoms with Gasteiger partial charge in [-0.15, -0.1) is 0 Å². The summed E-state index contributed by atoms with van der Waals surface area (Å²) in [5, 5.41) is 3.31. The van der Waals surface area contributed by atoms with Gasteiger partial charge in [-0.05, 0) is 32.7 Å². The molecule has 7 heteroatoms. The lowest BCUT2D eigenvalue weighted by Crippen LogP contribution is -2.40. The van der Waals surface area contributed by atoms with Gasteiger partial charge in [-0.1, -0.05) is 0 Å². The quantitative estimate of drug-likeness (QED) is 0.883. The molecule has 1 aromatic rings. The number of nitrogens with zero attached hydrogens (tertiary/aromatic N) is 3. The van der Waals surface area contributed by atoms with Crippen LogP contribution in [0.25, 0.3) is 0 Å². The molecule has 0 radical (unpaired) electrons. The summed E-state index contributed by atoms with van der Waals surface area (Å²) in [4.78, 5) is 4.37. The molecule has 0 aromatic carbocycles. The van der Waals surface area contributed by atoms with Gasteiger partial charge in [0.1, 0.15) is 5.82 Å². The summed E-state index contributed by atoms with van der Waals surface area (Å²) in [7, 11) is -1.58. The van der Waals surface area contributed by atoms with Gasteiger partial charge in [0, 0.05) is 38.3 Å². The van der Waals surface area contributed by atoms with E-state index in [0.29, 0.717) is 13.1 Å². The molecule has 0 unspecified atom stereocenters. The second kappa shape index (κ2) is 5.46. The summed E-state index contributed by atoms with van der Waals surface area (Å²) in [6, 6.07) is 0.0590. The largest absolute Gasteiger partial charge is 0.333 e. The third-order valence-corrected chi connectivity index (χ3v) is 6.05. The van der Waals surface area contributed by atoms with Crippen LogP contribution in [0.4, 0.5) is 0 Å². The fourth-order valence-corrected chi connectivity index (χ4v) is 4.86. The van der Waals surface area contributed by atoms with Crippen LogP contribution in [0.1, 0.15) is 31.5 Å². The number of sulfonamides is 1. The molecule has 0 aliphatic carbocycles. The van der Waals surface area contributed by atoms with E-state index >= 15 is 0 Å². The van der Waals surface area contributed by atoms with Crippen molar-refractivity contribution in [1.29, 1.82) is 0 Å². The van der Waals surface area contributed by atoms with Crippen LogP contribution in [-0.4, -0.2) is 48.5 Å². The van der Waals surface area contributed by atoms with Crippen LogP contribution in [0, 0.1) is 0 Å². The monoisotopic (exact) mass is 298 g/mol. The highest BCUT2D eigenvalue weighted by Gasteiger charge is 2.36. The molecule has 2 aliphatic heterocycles. The van der Waals surface area contributed by atoms with Gasteiger partial charge in [-0.3, -0.25) is 0 Å². The van der Waals surface area contributed by atoms with Gasteiger partial charge in [-0.2, -0.15) is 4.31 Å². The number of nitrogens with one attached hydrogen (secondary N) is 1. The van der Waals surface area contributed by atoms with E-state index in [1.165, 1.54) is 0 Å². The van der Waals surface area contributed by atoms with E-state index in [9.17, 15) is 8.42 Å². The Morgan fingerprint density at radius 1 is 1.35 bits per heavy atom. The highest BCUT2D eigenvalue weighted by molar-refractivity contribution is 7.89. The topological polar surface area (TPSA) is 67.2 Å². The van der Waals surface area contributed by atoms with Crippen molar-refractivity contribution in [3.63, 3.8) is 0 Å². The van der Waals surface area contributed by atoms with Gasteiger partial charge in [0.15, 0.2) is 5.03 Å². The molecule has 2 aliphatic rings. The van der Waals surface area contributed by atoms with Gasteiger partial charge in [-0.25, -0.2) is 13.4 Å². The summed E-state index contributed by atoms with van der Waals surface area (Å²) >= 11 is 0. The number of aryl methyl sites for hydroxylation is 2. The molecule has 1 fully saturated rings. The Morgan fingerprint density at radius 3 is 2.95 bits per heavy atom. The molecular weight excluding hydrogens is 276 g/mol. The third-order valence-electron chi connectivity index (χ3n) is 4.22. The summed E-state index contributed by atoms with van der Waals surface area (Å²) in [6.07, 6.45) is 6.67. The number of hydrogen-bond acceptors (Lipinski definition) is 4. The Morgan fingerprint density at radius 2 is 2.20 bits per heavy atom. The molecule has 3 heterocycles. The van der Waals surface area contributed by atoms with E-state index in [1.807, 2.05) is 11.6 Å².